The van der Waals surface area contributed by atoms with Gasteiger partial charge in [0, 0.05) is 18.7 Å². The van der Waals surface area contributed by atoms with E-state index in [1.165, 1.54) is 40.7 Å². The van der Waals surface area contributed by atoms with Crippen molar-refractivity contribution >= 4 is 33.2 Å². The lowest BCUT2D eigenvalue weighted by molar-refractivity contribution is -0.0493. The summed E-state index contributed by atoms with van der Waals surface area (Å²) in [4.78, 5) is 12.5. The first-order valence-corrected chi connectivity index (χ1v) is 10.8. The first-order chi connectivity index (χ1) is 13.8. The van der Waals surface area contributed by atoms with Crippen molar-refractivity contribution in [3.05, 3.63) is 53.1 Å². The molecule has 1 N–H and O–H groups in total. The number of rotatable bonds is 6. The molecule has 2 aromatic rings. The standard InChI is InChI=1S/C19H19ClF2N2O4S/c20-14-9-8-13(12-17(14)29(26,27)24-10-4-1-5-11-24)18(25)23-15-6-2-3-7-16(15)28-19(21)22/h2-3,6-9,12,19H,1,4-5,10-11H2,(H,23,25). The van der Waals surface area contributed by atoms with Crippen LogP contribution in [0.15, 0.2) is 47.4 Å². The number of ether oxygens (including phenoxy) is 1. The van der Waals surface area contributed by atoms with Gasteiger partial charge in [0.2, 0.25) is 10.0 Å². The lowest BCUT2D eigenvalue weighted by Gasteiger charge is -2.26. The molecule has 10 heteroatoms. The number of alkyl halides is 2. The zero-order valence-electron chi connectivity index (χ0n) is 15.3. The van der Waals surface area contributed by atoms with Crippen LogP contribution in [0.25, 0.3) is 0 Å². The summed E-state index contributed by atoms with van der Waals surface area (Å²) in [6.45, 7) is -2.26. The van der Waals surface area contributed by atoms with Crippen molar-refractivity contribution in [2.75, 3.05) is 18.4 Å². The number of halogens is 3. The van der Waals surface area contributed by atoms with Crippen molar-refractivity contribution < 1.29 is 26.7 Å². The maximum atomic E-state index is 12.9. The van der Waals surface area contributed by atoms with Gasteiger partial charge in [-0.05, 0) is 43.2 Å². The molecule has 0 saturated carbocycles. The number of benzene rings is 2. The quantitative estimate of drug-likeness (QED) is 0.717. The Morgan fingerprint density at radius 3 is 2.48 bits per heavy atom. The monoisotopic (exact) mass is 444 g/mol. The van der Waals surface area contributed by atoms with E-state index in [0.717, 1.165) is 19.3 Å². The van der Waals surface area contributed by atoms with Crippen LogP contribution in [0.4, 0.5) is 14.5 Å². The molecule has 1 heterocycles. The number of para-hydroxylation sites is 2. The fourth-order valence-corrected chi connectivity index (χ4v) is 5.07. The van der Waals surface area contributed by atoms with E-state index in [-0.39, 0.29) is 26.9 Å². The van der Waals surface area contributed by atoms with Crippen molar-refractivity contribution in [2.24, 2.45) is 0 Å². The van der Waals surface area contributed by atoms with Crippen molar-refractivity contribution in [3.8, 4) is 5.75 Å². The van der Waals surface area contributed by atoms with Gasteiger partial charge in [-0.2, -0.15) is 13.1 Å². The molecule has 2 aromatic carbocycles. The van der Waals surface area contributed by atoms with Crippen LogP contribution in [0.3, 0.4) is 0 Å². The summed E-state index contributed by atoms with van der Waals surface area (Å²) >= 11 is 6.11. The van der Waals surface area contributed by atoms with Crippen LogP contribution >= 0.6 is 11.6 Å². The van der Waals surface area contributed by atoms with E-state index in [9.17, 15) is 22.0 Å². The normalized spacial score (nSPS) is 15.3. The Balaban J connectivity index is 1.87. The van der Waals surface area contributed by atoms with Crippen molar-refractivity contribution in [3.63, 3.8) is 0 Å². The molecule has 29 heavy (non-hydrogen) atoms. The molecule has 0 aliphatic carbocycles. The van der Waals surface area contributed by atoms with Crippen LogP contribution in [0.5, 0.6) is 5.75 Å². The number of anilines is 1. The number of carbonyl (C=O) groups excluding carboxylic acids is 1. The van der Waals surface area contributed by atoms with Gasteiger partial charge in [-0.3, -0.25) is 4.79 Å². The smallest absolute Gasteiger partial charge is 0.387 e. The van der Waals surface area contributed by atoms with Crippen LogP contribution < -0.4 is 10.1 Å². The third-order valence-electron chi connectivity index (χ3n) is 4.48. The number of sulfonamides is 1. The lowest BCUT2D eigenvalue weighted by atomic mass is 10.2. The van der Waals surface area contributed by atoms with E-state index in [1.807, 2.05) is 0 Å². The van der Waals surface area contributed by atoms with Gasteiger partial charge in [0.25, 0.3) is 5.91 Å². The number of nitrogens with one attached hydrogen (secondary N) is 1. The number of nitrogens with zero attached hydrogens (tertiary/aromatic N) is 1. The van der Waals surface area contributed by atoms with Crippen molar-refractivity contribution in [1.82, 2.24) is 4.31 Å². The molecule has 156 valence electrons. The molecule has 1 aliphatic heterocycles. The molecular formula is C19H19ClF2N2O4S. The van der Waals surface area contributed by atoms with Gasteiger partial charge in [-0.1, -0.05) is 30.2 Å². The van der Waals surface area contributed by atoms with Crippen LogP contribution in [0, 0.1) is 0 Å². The van der Waals surface area contributed by atoms with E-state index in [4.69, 9.17) is 11.6 Å². The molecule has 1 amide bonds. The van der Waals surface area contributed by atoms with E-state index < -0.39 is 22.5 Å². The zero-order chi connectivity index (χ0) is 21.0. The number of hydrogen-bond acceptors (Lipinski definition) is 4. The van der Waals surface area contributed by atoms with Gasteiger partial charge in [-0.25, -0.2) is 8.42 Å². The Morgan fingerprint density at radius 1 is 1.10 bits per heavy atom. The molecular weight excluding hydrogens is 426 g/mol. The summed E-state index contributed by atoms with van der Waals surface area (Å²) in [6, 6.07) is 9.60. The lowest BCUT2D eigenvalue weighted by Crippen LogP contribution is -2.35. The van der Waals surface area contributed by atoms with Gasteiger partial charge in [-0.15, -0.1) is 0 Å². The summed E-state index contributed by atoms with van der Waals surface area (Å²) in [7, 11) is -3.85. The highest BCUT2D eigenvalue weighted by molar-refractivity contribution is 7.89. The first-order valence-electron chi connectivity index (χ1n) is 8.94. The maximum Gasteiger partial charge on any atom is 0.387 e. The zero-order valence-corrected chi connectivity index (χ0v) is 16.8. The van der Waals surface area contributed by atoms with Gasteiger partial charge in [0.15, 0.2) is 0 Å². The van der Waals surface area contributed by atoms with Crippen molar-refractivity contribution in [2.45, 2.75) is 30.8 Å². The predicted molar refractivity (Wildman–Crippen MR) is 105 cm³/mol. The van der Waals surface area contributed by atoms with Crippen LogP contribution in [-0.2, 0) is 10.0 Å². The molecule has 1 fully saturated rings. The second-order valence-corrected chi connectivity index (χ2v) is 8.75. The fourth-order valence-electron chi connectivity index (χ4n) is 3.05. The summed E-state index contributed by atoms with van der Waals surface area (Å²) in [5, 5.41) is 2.47. The molecule has 0 unspecified atom stereocenters. The van der Waals surface area contributed by atoms with Gasteiger partial charge in [0.1, 0.15) is 10.6 Å². The van der Waals surface area contributed by atoms with E-state index in [1.54, 1.807) is 6.07 Å². The highest BCUT2D eigenvalue weighted by Crippen LogP contribution is 2.29. The van der Waals surface area contributed by atoms with Crippen LogP contribution in [-0.4, -0.2) is 38.3 Å². The molecule has 0 spiro atoms. The molecule has 0 atom stereocenters. The van der Waals surface area contributed by atoms with E-state index >= 15 is 0 Å². The minimum absolute atomic E-state index is 0.00792. The summed E-state index contributed by atoms with van der Waals surface area (Å²) < 4.78 is 56.7. The third-order valence-corrected chi connectivity index (χ3v) is 6.86. The largest absolute Gasteiger partial charge is 0.433 e. The molecule has 0 radical (unpaired) electrons. The molecule has 0 aromatic heterocycles. The number of carbonyl (C=O) groups is 1. The molecule has 1 aliphatic rings. The maximum absolute atomic E-state index is 12.9. The fraction of sp³-hybridized carbons (Fsp3) is 0.316. The second kappa shape index (κ2) is 9.06. The van der Waals surface area contributed by atoms with Crippen LogP contribution in [0.1, 0.15) is 29.6 Å². The predicted octanol–water partition coefficient (Wildman–Crippen LogP) is 4.37. The minimum atomic E-state index is -3.85. The Bertz CT molecular complexity index is 995. The average molecular weight is 445 g/mol. The third kappa shape index (κ3) is 5.04. The van der Waals surface area contributed by atoms with Crippen molar-refractivity contribution in [1.29, 1.82) is 0 Å². The first kappa shape index (κ1) is 21.5. The molecule has 3 rings (SSSR count). The number of amides is 1. The molecule has 1 saturated heterocycles. The number of hydrogen-bond donors (Lipinski definition) is 1. The Kier molecular flexibility index (Phi) is 6.71. The summed E-state index contributed by atoms with van der Waals surface area (Å²) in [5.41, 5.74) is 0.0602. The topological polar surface area (TPSA) is 75.7 Å². The highest BCUT2D eigenvalue weighted by atomic mass is 35.5. The number of piperidine rings is 1. The van der Waals surface area contributed by atoms with Gasteiger partial charge < -0.3 is 10.1 Å². The Hall–Kier alpha value is -2.23. The Morgan fingerprint density at radius 2 is 1.79 bits per heavy atom. The van der Waals surface area contributed by atoms with E-state index in [2.05, 4.69) is 10.1 Å². The SMILES string of the molecule is O=C(Nc1ccccc1OC(F)F)c1ccc(Cl)c(S(=O)(=O)N2CCCCC2)c1. The highest BCUT2D eigenvalue weighted by Gasteiger charge is 2.29. The Labute approximate surface area is 172 Å². The summed E-state index contributed by atoms with van der Waals surface area (Å²) in [5.74, 6) is -0.881. The van der Waals surface area contributed by atoms with Crippen LogP contribution in [0.2, 0.25) is 5.02 Å². The van der Waals surface area contributed by atoms with Gasteiger partial charge in [0.05, 0.1) is 10.7 Å². The van der Waals surface area contributed by atoms with E-state index in [0.29, 0.717) is 13.1 Å². The second-order valence-electron chi connectivity index (χ2n) is 6.44. The van der Waals surface area contributed by atoms with Gasteiger partial charge >= 0.3 is 6.61 Å². The minimum Gasteiger partial charge on any atom is -0.433 e. The molecule has 0 bridgehead atoms. The molecule has 6 nitrogen and oxygen atoms in total. The average Bonchev–Trinajstić information content (AvgIpc) is 2.70. The summed E-state index contributed by atoms with van der Waals surface area (Å²) in [6.07, 6.45) is 2.48.